The summed E-state index contributed by atoms with van der Waals surface area (Å²) in [5, 5.41) is 9.93. The fourth-order valence-electron chi connectivity index (χ4n) is 7.84. The molecule has 0 radical (unpaired) electrons. The molecule has 4 aromatic rings. The van der Waals surface area contributed by atoms with Crippen molar-refractivity contribution in [1.82, 2.24) is 30.4 Å². The Kier molecular flexibility index (Phi) is 16.9. The Morgan fingerprint density at radius 3 is 2.36 bits per heavy atom. The maximum absolute atomic E-state index is 14.1. The van der Waals surface area contributed by atoms with E-state index in [1.54, 1.807) is 36.7 Å². The van der Waals surface area contributed by atoms with Crippen LogP contribution in [0.3, 0.4) is 0 Å². The average molecular weight is 839 g/mol. The number of anilines is 2. The van der Waals surface area contributed by atoms with E-state index in [4.69, 9.17) is 19.2 Å². The lowest BCUT2D eigenvalue weighted by atomic mass is 9.91. The van der Waals surface area contributed by atoms with E-state index < -0.39 is 0 Å². The Bertz CT molecular complexity index is 1990. The number of hydrogen-bond acceptors (Lipinski definition) is 11. The van der Waals surface area contributed by atoms with Crippen LogP contribution in [0.2, 0.25) is 0 Å². The number of carbonyl (C=O) groups excluding carboxylic acids is 2. The van der Waals surface area contributed by atoms with Gasteiger partial charge in [-0.05, 0) is 86.5 Å². The monoisotopic (exact) mass is 838 g/mol. The van der Waals surface area contributed by atoms with Gasteiger partial charge in [-0.25, -0.2) is 4.39 Å². The number of halogens is 1. The van der Waals surface area contributed by atoms with Gasteiger partial charge in [0.2, 0.25) is 5.91 Å². The minimum atomic E-state index is -0.257. The molecule has 2 amide bonds. The number of nitrogens with zero attached hydrogens (tertiary/aromatic N) is 5. The summed E-state index contributed by atoms with van der Waals surface area (Å²) in [6.45, 7) is 16.5. The van der Waals surface area contributed by atoms with Gasteiger partial charge >= 0.3 is 0 Å². The zero-order chi connectivity index (χ0) is 43.2. The van der Waals surface area contributed by atoms with E-state index in [9.17, 15) is 14.0 Å². The third-order valence-corrected chi connectivity index (χ3v) is 11.3. The minimum Gasteiger partial charge on any atom is -0.378 e. The summed E-state index contributed by atoms with van der Waals surface area (Å²) in [5.74, 6) is -0.330. The molecule has 3 N–H and O–H groups in total. The molecule has 2 aliphatic heterocycles. The Balaban J connectivity index is 0.829. The number of hydrogen-bond donors (Lipinski definition) is 3. The predicted octanol–water partition coefficient (Wildman–Crippen LogP) is 5.08. The van der Waals surface area contributed by atoms with Crippen molar-refractivity contribution in [3.05, 3.63) is 119 Å². The van der Waals surface area contributed by atoms with Gasteiger partial charge in [-0.15, -0.1) is 0 Å². The average Bonchev–Trinajstić information content (AvgIpc) is 3.52. The zero-order valence-electron chi connectivity index (χ0n) is 36.4. The molecule has 0 saturated carbocycles. The highest BCUT2D eigenvalue weighted by atomic mass is 19.1. The molecule has 3 atom stereocenters. The number of ether oxygens (including phenoxy) is 3. The van der Waals surface area contributed by atoms with Gasteiger partial charge in [0.1, 0.15) is 5.82 Å². The SMILES string of the molecule is C[C@@H]1CN(CC(=O)N2CC(C)(C)c3ncc(Cc4ccc(F)cc4)cc32)[C@@H](CN(C)CCOCCOCCOCCN[C@H](C)c2ccc(C(=O)Nc3ccncc3)cc2)CN1. The number of pyridine rings is 2. The van der Waals surface area contributed by atoms with Crippen LogP contribution < -0.4 is 20.9 Å². The minimum absolute atomic E-state index is 0.0822. The molecular weight excluding hydrogens is 776 g/mol. The van der Waals surface area contributed by atoms with E-state index in [-0.39, 0.29) is 41.2 Å². The van der Waals surface area contributed by atoms with Crippen LogP contribution in [0.1, 0.15) is 66.5 Å². The van der Waals surface area contributed by atoms with Crippen LogP contribution in [0.5, 0.6) is 0 Å². The first-order chi connectivity index (χ1) is 29.4. The summed E-state index contributed by atoms with van der Waals surface area (Å²) in [7, 11) is 2.10. The number of amides is 2. The third-order valence-electron chi connectivity index (χ3n) is 11.3. The maximum Gasteiger partial charge on any atom is 0.255 e. The smallest absolute Gasteiger partial charge is 0.255 e. The van der Waals surface area contributed by atoms with Gasteiger partial charge < -0.3 is 40.0 Å². The first-order valence-corrected chi connectivity index (χ1v) is 21.4. The van der Waals surface area contributed by atoms with Crippen molar-refractivity contribution >= 4 is 23.2 Å². The van der Waals surface area contributed by atoms with Crippen molar-refractivity contribution in [1.29, 1.82) is 0 Å². The van der Waals surface area contributed by atoms with Crippen LogP contribution in [-0.2, 0) is 30.8 Å². The number of likely N-dealkylation sites (N-methyl/N-ethyl adjacent to an activating group) is 1. The molecule has 2 aromatic heterocycles. The van der Waals surface area contributed by atoms with Crippen LogP contribution in [0, 0.1) is 5.82 Å². The molecule has 13 nitrogen and oxygen atoms in total. The van der Waals surface area contributed by atoms with Crippen molar-refractivity contribution in [3.8, 4) is 0 Å². The fraction of sp³-hybridized carbons (Fsp3) is 0.489. The summed E-state index contributed by atoms with van der Waals surface area (Å²) >= 11 is 0. The lowest BCUT2D eigenvalue weighted by Crippen LogP contribution is -2.60. The summed E-state index contributed by atoms with van der Waals surface area (Å²) in [6.07, 6.45) is 5.79. The van der Waals surface area contributed by atoms with Gasteiger partial charge in [0.05, 0.1) is 57.6 Å². The van der Waals surface area contributed by atoms with E-state index in [1.807, 2.05) is 35.4 Å². The number of aromatic nitrogens is 2. The third kappa shape index (κ3) is 13.7. The number of piperazine rings is 1. The molecule has 0 spiro atoms. The van der Waals surface area contributed by atoms with E-state index >= 15 is 0 Å². The number of benzene rings is 2. The van der Waals surface area contributed by atoms with Gasteiger partial charge in [-0.2, -0.15) is 0 Å². The van der Waals surface area contributed by atoms with Gasteiger partial charge in [0.25, 0.3) is 5.91 Å². The van der Waals surface area contributed by atoms with E-state index in [0.29, 0.717) is 76.9 Å². The van der Waals surface area contributed by atoms with Crippen LogP contribution in [0.4, 0.5) is 15.8 Å². The Labute approximate surface area is 360 Å². The molecule has 328 valence electrons. The summed E-state index contributed by atoms with van der Waals surface area (Å²) in [6, 6.07) is 20.3. The zero-order valence-corrected chi connectivity index (χ0v) is 36.4. The fourth-order valence-corrected chi connectivity index (χ4v) is 7.84. The molecule has 0 unspecified atom stereocenters. The summed E-state index contributed by atoms with van der Waals surface area (Å²) in [5.41, 5.74) is 5.95. The molecule has 1 fully saturated rings. The lowest BCUT2D eigenvalue weighted by molar-refractivity contribution is -0.120. The molecule has 6 rings (SSSR count). The van der Waals surface area contributed by atoms with Crippen molar-refractivity contribution in [2.24, 2.45) is 0 Å². The summed E-state index contributed by atoms with van der Waals surface area (Å²) in [4.78, 5) is 41.9. The number of fused-ring (bicyclic) bond motifs is 1. The number of nitrogens with one attached hydrogen (secondary N) is 3. The van der Waals surface area contributed by atoms with Gasteiger partial charge in [-0.3, -0.25) is 24.5 Å². The number of carbonyl (C=O) groups is 2. The highest BCUT2D eigenvalue weighted by Crippen LogP contribution is 2.40. The Morgan fingerprint density at radius 2 is 1.64 bits per heavy atom. The van der Waals surface area contributed by atoms with Crippen molar-refractivity contribution in [2.45, 2.75) is 57.7 Å². The van der Waals surface area contributed by atoms with Crippen LogP contribution in [0.25, 0.3) is 0 Å². The maximum atomic E-state index is 14.1. The van der Waals surface area contributed by atoms with E-state index in [2.05, 4.69) is 71.5 Å². The quantitative estimate of drug-likeness (QED) is 0.0917. The van der Waals surface area contributed by atoms with Gasteiger partial charge in [0, 0.05) is 92.7 Å². The molecular formula is C47H63FN8O5. The first kappa shape index (κ1) is 45.8. The Morgan fingerprint density at radius 1 is 0.951 bits per heavy atom. The molecule has 0 bridgehead atoms. The molecule has 61 heavy (non-hydrogen) atoms. The number of rotatable bonds is 22. The normalized spacial score (nSPS) is 18.0. The predicted molar refractivity (Wildman–Crippen MR) is 237 cm³/mol. The lowest BCUT2D eigenvalue weighted by Gasteiger charge is -2.41. The molecule has 1 saturated heterocycles. The van der Waals surface area contributed by atoms with Crippen molar-refractivity contribution in [3.63, 3.8) is 0 Å². The highest BCUT2D eigenvalue weighted by molar-refractivity contribution is 6.04. The van der Waals surface area contributed by atoms with E-state index in [0.717, 1.165) is 54.3 Å². The first-order valence-electron chi connectivity index (χ1n) is 21.4. The molecule has 14 heteroatoms. The largest absolute Gasteiger partial charge is 0.378 e. The molecule has 4 heterocycles. The Hall–Kier alpha value is -4.67. The van der Waals surface area contributed by atoms with Crippen LogP contribution in [0.15, 0.2) is 85.3 Å². The van der Waals surface area contributed by atoms with Crippen molar-refractivity contribution in [2.75, 3.05) is 103 Å². The standard InChI is InChI=1S/C47H63FN8O5/c1-34-30-55(32-44(57)56-33-47(3,4)45-43(56)27-37(28-52-45)26-36-6-12-40(48)13-7-36)42(29-51-34)31-54(5)19-21-60-23-25-61-24-22-59-20-18-50-35(2)38-8-10-39(11-9-38)46(58)53-41-14-16-49-17-15-41/h6-17,27-28,34-35,42,50-51H,18-26,29-33H2,1-5H3,(H,49,53,58)/t34-,35-,42-/m1/s1. The second kappa shape index (κ2) is 22.4. The van der Waals surface area contributed by atoms with Crippen LogP contribution >= 0.6 is 0 Å². The van der Waals surface area contributed by atoms with Crippen molar-refractivity contribution < 1.29 is 28.2 Å². The van der Waals surface area contributed by atoms with Gasteiger partial charge in [-0.1, -0.05) is 38.1 Å². The van der Waals surface area contributed by atoms with E-state index in [1.165, 1.54) is 12.1 Å². The molecule has 0 aliphatic carbocycles. The highest BCUT2D eigenvalue weighted by Gasteiger charge is 2.40. The second-order valence-electron chi connectivity index (χ2n) is 16.9. The molecule has 2 aromatic carbocycles. The van der Waals surface area contributed by atoms with Gasteiger partial charge in [0.15, 0.2) is 0 Å². The summed E-state index contributed by atoms with van der Waals surface area (Å²) < 4.78 is 30.8. The topological polar surface area (TPSA) is 133 Å². The second-order valence-corrected chi connectivity index (χ2v) is 16.9. The molecule has 2 aliphatic rings. The van der Waals surface area contributed by atoms with Crippen LogP contribution in [-0.4, -0.2) is 136 Å².